The number of hydrogen-bond donors (Lipinski definition) is 4. The number of anilines is 3. The third-order valence-electron chi connectivity index (χ3n) is 2.85. The first-order chi connectivity index (χ1) is 8.79. The van der Waals surface area contributed by atoms with E-state index in [1.807, 2.05) is 0 Å². The van der Waals surface area contributed by atoms with Crippen molar-refractivity contribution >= 4 is 28.9 Å². The Labute approximate surface area is 110 Å². The molecule has 7 nitrogen and oxygen atoms in total. The molecule has 6 N–H and O–H groups in total. The smallest absolute Gasteiger partial charge is 0.262 e. The first kappa shape index (κ1) is 13.0. The van der Waals surface area contributed by atoms with Crippen LogP contribution in [0.15, 0.2) is 12.1 Å². The molecular formula is C12H16N4O3. The van der Waals surface area contributed by atoms with Crippen molar-refractivity contribution in [1.29, 1.82) is 0 Å². The van der Waals surface area contributed by atoms with Crippen molar-refractivity contribution in [3.8, 4) is 5.75 Å². The second-order valence-corrected chi connectivity index (χ2v) is 4.89. The summed E-state index contributed by atoms with van der Waals surface area (Å²) in [6.45, 7) is 3.25. The number of amides is 2. The Morgan fingerprint density at radius 1 is 1.47 bits per heavy atom. The molecule has 0 aromatic heterocycles. The van der Waals surface area contributed by atoms with Gasteiger partial charge in [-0.1, -0.05) is 0 Å². The summed E-state index contributed by atoms with van der Waals surface area (Å²) < 4.78 is 5.24. The van der Waals surface area contributed by atoms with Gasteiger partial charge in [-0.05, 0) is 19.9 Å². The average Bonchev–Trinajstić information content (AvgIpc) is 2.30. The first-order valence-corrected chi connectivity index (χ1v) is 5.74. The van der Waals surface area contributed by atoms with E-state index in [2.05, 4.69) is 10.6 Å². The molecular weight excluding hydrogens is 248 g/mol. The van der Waals surface area contributed by atoms with Gasteiger partial charge in [0.2, 0.25) is 5.91 Å². The Kier molecular flexibility index (Phi) is 2.97. The predicted octanol–water partition coefficient (Wildman–Crippen LogP) is 0.275. The highest BCUT2D eigenvalue weighted by atomic mass is 16.5. The predicted molar refractivity (Wildman–Crippen MR) is 71.9 cm³/mol. The normalized spacial score (nSPS) is 14.1. The number of nitrogen functional groups attached to an aromatic ring is 1. The molecule has 0 radical (unpaired) electrons. The van der Waals surface area contributed by atoms with Gasteiger partial charge in [-0.15, -0.1) is 0 Å². The Bertz CT molecular complexity index is 554. The lowest BCUT2D eigenvalue weighted by molar-refractivity contribution is -0.121. The average molecular weight is 264 g/mol. The highest BCUT2D eigenvalue weighted by Crippen LogP contribution is 2.36. The summed E-state index contributed by atoms with van der Waals surface area (Å²) in [5.41, 5.74) is 11.6. The van der Waals surface area contributed by atoms with E-state index < -0.39 is 11.4 Å². The number of rotatable bonds is 3. The van der Waals surface area contributed by atoms with E-state index in [-0.39, 0.29) is 12.5 Å². The molecule has 0 aliphatic carbocycles. The van der Waals surface area contributed by atoms with Crippen LogP contribution >= 0.6 is 0 Å². The largest absolute Gasteiger partial charge is 0.482 e. The van der Waals surface area contributed by atoms with Crippen molar-refractivity contribution in [3.05, 3.63) is 12.1 Å². The number of primary amides is 1. The molecule has 1 aliphatic heterocycles. The highest BCUT2D eigenvalue weighted by molar-refractivity contribution is 5.97. The van der Waals surface area contributed by atoms with E-state index in [0.29, 0.717) is 22.8 Å². The summed E-state index contributed by atoms with van der Waals surface area (Å²) in [4.78, 5) is 22.6. The van der Waals surface area contributed by atoms with E-state index in [0.717, 1.165) is 0 Å². The van der Waals surface area contributed by atoms with Crippen molar-refractivity contribution < 1.29 is 14.3 Å². The van der Waals surface area contributed by atoms with Gasteiger partial charge in [0, 0.05) is 6.07 Å². The summed E-state index contributed by atoms with van der Waals surface area (Å²) in [6.07, 6.45) is 0. The number of ether oxygens (including phenoxy) is 1. The Morgan fingerprint density at radius 3 is 2.79 bits per heavy atom. The van der Waals surface area contributed by atoms with E-state index in [4.69, 9.17) is 16.2 Å². The first-order valence-electron chi connectivity index (χ1n) is 5.74. The van der Waals surface area contributed by atoms with Crippen molar-refractivity contribution in [3.63, 3.8) is 0 Å². The number of benzene rings is 1. The summed E-state index contributed by atoms with van der Waals surface area (Å²) in [7, 11) is 0. The molecule has 1 aliphatic rings. The number of nitrogens with one attached hydrogen (secondary N) is 2. The number of carbonyl (C=O) groups excluding carboxylic acids is 2. The zero-order valence-corrected chi connectivity index (χ0v) is 10.7. The molecule has 0 spiro atoms. The van der Waals surface area contributed by atoms with Crippen molar-refractivity contribution in [2.45, 2.75) is 19.4 Å². The van der Waals surface area contributed by atoms with Crippen molar-refractivity contribution in [2.75, 3.05) is 23.0 Å². The Morgan fingerprint density at radius 2 is 2.16 bits per heavy atom. The fourth-order valence-electron chi connectivity index (χ4n) is 1.65. The lowest BCUT2D eigenvalue weighted by Crippen LogP contribution is -2.45. The number of hydrogen-bond acceptors (Lipinski definition) is 5. The van der Waals surface area contributed by atoms with Crippen LogP contribution in [-0.2, 0) is 9.59 Å². The minimum atomic E-state index is -0.956. The Balaban J connectivity index is 2.34. The molecule has 0 atom stereocenters. The lowest BCUT2D eigenvalue weighted by atomic mass is 10.0. The summed E-state index contributed by atoms with van der Waals surface area (Å²) in [6, 6.07) is 3.21. The molecule has 0 unspecified atom stereocenters. The van der Waals surface area contributed by atoms with Gasteiger partial charge in [0.1, 0.15) is 11.3 Å². The maximum atomic E-state index is 11.3. The van der Waals surface area contributed by atoms with Crippen LogP contribution in [-0.4, -0.2) is 24.0 Å². The topological polar surface area (TPSA) is 119 Å². The minimum absolute atomic E-state index is 0.0357. The van der Waals surface area contributed by atoms with Crippen LogP contribution in [0.1, 0.15) is 13.8 Å². The molecule has 0 bridgehead atoms. The second-order valence-electron chi connectivity index (χ2n) is 4.89. The van der Waals surface area contributed by atoms with Gasteiger partial charge < -0.3 is 26.8 Å². The van der Waals surface area contributed by atoms with Gasteiger partial charge >= 0.3 is 0 Å². The maximum absolute atomic E-state index is 11.3. The van der Waals surface area contributed by atoms with Crippen LogP contribution in [0.3, 0.4) is 0 Å². The summed E-state index contributed by atoms with van der Waals surface area (Å²) >= 11 is 0. The Hall–Kier alpha value is -2.44. The molecule has 2 amide bonds. The molecule has 0 saturated heterocycles. The molecule has 102 valence electrons. The zero-order chi connectivity index (χ0) is 14.2. The van der Waals surface area contributed by atoms with Crippen LogP contribution in [0.4, 0.5) is 17.1 Å². The van der Waals surface area contributed by atoms with Gasteiger partial charge in [-0.3, -0.25) is 9.59 Å². The maximum Gasteiger partial charge on any atom is 0.262 e. The van der Waals surface area contributed by atoms with Gasteiger partial charge in [-0.25, -0.2) is 0 Å². The third kappa shape index (κ3) is 2.54. The molecule has 2 rings (SSSR count). The van der Waals surface area contributed by atoms with Crippen molar-refractivity contribution in [2.24, 2.45) is 5.73 Å². The van der Waals surface area contributed by atoms with Gasteiger partial charge in [0.05, 0.1) is 17.1 Å². The fraction of sp³-hybridized carbons (Fsp3) is 0.333. The van der Waals surface area contributed by atoms with E-state index >= 15 is 0 Å². The molecule has 7 heteroatoms. The van der Waals surface area contributed by atoms with E-state index in [1.165, 1.54) is 0 Å². The van der Waals surface area contributed by atoms with Gasteiger partial charge in [0.15, 0.2) is 6.61 Å². The molecule has 0 fully saturated rings. The SMILES string of the molecule is CC(C)(Nc1cc2c(cc1N)OCC(=O)N2)C(N)=O. The number of fused-ring (bicyclic) bond motifs is 1. The van der Waals surface area contributed by atoms with E-state index in [1.54, 1.807) is 26.0 Å². The van der Waals surface area contributed by atoms with Crippen LogP contribution in [0, 0.1) is 0 Å². The number of carbonyl (C=O) groups is 2. The zero-order valence-electron chi connectivity index (χ0n) is 10.7. The number of nitrogens with two attached hydrogens (primary N) is 2. The minimum Gasteiger partial charge on any atom is -0.482 e. The monoisotopic (exact) mass is 264 g/mol. The molecule has 0 saturated carbocycles. The standard InChI is InChI=1S/C12H16N4O3/c1-12(2,11(14)18)16-7-4-8-9(3-6(7)13)19-5-10(17)15-8/h3-4,16H,5,13H2,1-2H3,(H2,14,18)(H,15,17). The van der Waals surface area contributed by atoms with Crippen LogP contribution in [0.2, 0.25) is 0 Å². The van der Waals surface area contributed by atoms with Gasteiger partial charge in [-0.2, -0.15) is 0 Å². The summed E-state index contributed by atoms with van der Waals surface area (Å²) in [5, 5.41) is 5.61. The molecule has 1 aromatic rings. The molecule has 1 heterocycles. The highest BCUT2D eigenvalue weighted by Gasteiger charge is 2.26. The fourth-order valence-corrected chi connectivity index (χ4v) is 1.65. The summed E-state index contributed by atoms with van der Waals surface area (Å²) in [5.74, 6) is -0.248. The lowest BCUT2D eigenvalue weighted by Gasteiger charge is -2.26. The van der Waals surface area contributed by atoms with Crippen LogP contribution in [0.25, 0.3) is 0 Å². The molecule has 1 aromatic carbocycles. The van der Waals surface area contributed by atoms with E-state index in [9.17, 15) is 9.59 Å². The van der Waals surface area contributed by atoms with Crippen molar-refractivity contribution in [1.82, 2.24) is 0 Å². The molecule has 19 heavy (non-hydrogen) atoms. The quantitative estimate of drug-likeness (QED) is 0.584. The van der Waals surface area contributed by atoms with Gasteiger partial charge in [0.25, 0.3) is 5.91 Å². The van der Waals surface area contributed by atoms with Crippen LogP contribution < -0.4 is 26.8 Å². The second kappa shape index (κ2) is 4.34. The third-order valence-corrected chi connectivity index (χ3v) is 2.85. The van der Waals surface area contributed by atoms with Crippen LogP contribution in [0.5, 0.6) is 5.75 Å².